The van der Waals surface area contributed by atoms with Crippen LogP contribution in [0.2, 0.25) is 0 Å². The summed E-state index contributed by atoms with van der Waals surface area (Å²) in [6.07, 6.45) is 17.3. The van der Waals surface area contributed by atoms with Crippen LogP contribution in [0.1, 0.15) is 113 Å². The Morgan fingerprint density at radius 3 is 2.12 bits per heavy atom. The van der Waals surface area contributed by atoms with Crippen molar-refractivity contribution < 1.29 is 14.1 Å². The van der Waals surface area contributed by atoms with E-state index in [0.29, 0.717) is 27.6 Å². The van der Waals surface area contributed by atoms with E-state index < -0.39 is 5.72 Å². The highest BCUT2D eigenvalue weighted by atomic mass is 16.7. The monoisotopic (exact) mass is 544 g/mol. The minimum Gasteiger partial charge on any atom is -0.382 e. The highest BCUT2D eigenvalue weighted by Crippen LogP contribution is 2.78. The molecule has 1 aromatic heterocycles. The zero-order valence-corrected chi connectivity index (χ0v) is 26.4. The molecule has 5 saturated carbocycles. The number of cyclic esters (lactones) is 1. The number of ether oxygens (including phenoxy) is 1. The Morgan fingerprint density at radius 2 is 1.48 bits per heavy atom. The average Bonchev–Trinajstić information content (AvgIpc) is 3.43. The first kappa shape index (κ1) is 27.2. The largest absolute Gasteiger partial charge is 0.429 e. The molecular formula is C37H54NO2+. The summed E-state index contributed by atoms with van der Waals surface area (Å²) >= 11 is 0. The first-order valence-corrected chi connectivity index (χ1v) is 16.6. The van der Waals surface area contributed by atoms with E-state index in [1.165, 1.54) is 63.4 Å². The van der Waals surface area contributed by atoms with Crippen molar-refractivity contribution in [2.45, 2.75) is 118 Å². The van der Waals surface area contributed by atoms with Crippen molar-refractivity contribution >= 4 is 5.97 Å². The summed E-state index contributed by atoms with van der Waals surface area (Å²) in [5, 5.41) is 0. The topological polar surface area (TPSA) is 33.5 Å². The van der Waals surface area contributed by atoms with Gasteiger partial charge in [-0.3, -0.25) is 0 Å². The van der Waals surface area contributed by atoms with E-state index in [9.17, 15) is 4.79 Å². The lowest BCUT2D eigenvalue weighted by atomic mass is 9.32. The maximum Gasteiger partial charge on any atom is 0.429 e. The molecule has 1 aliphatic heterocycles. The van der Waals surface area contributed by atoms with E-state index in [-0.39, 0.29) is 17.3 Å². The summed E-state index contributed by atoms with van der Waals surface area (Å²) < 4.78 is 8.06. The Hall–Kier alpha value is -1.64. The third-order valence-electron chi connectivity index (χ3n) is 15.6. The molecule has 0 N–H and O–H groups in total. The molecule has 0 radical (unpaired) electrons. The highest BCUT2D eigenvalue weighted by molar-refractivity contribution is 5.88. The maximum atomic E-state index is 13.1. The van der Waals surface area contributed by atoms with Crippen LogP contribution in [0.5, 0.6) is 0 Å². The van der Waals surface area contributed by atoms with E-state index in [1.54, 1.807) is 0 Å². The van der Waals surface area contributed by atoms with Gasteiger partial charge in [-0.25, -0.2) is 4.79 Å². The van der Waals surface area contributed by atoms with Crippen LogP contribution in [0.25, 0.3) is 0 Å². The van der Waals surface area contributed by atoms with Crippen LogP contribution < -0.4 is 4.57 Å². The molecule has 0 spiro atoms. The number of pyridine rings is 1. The van der Waals surface area contributed by atoms with Gasteiger partial charge >= 0.3 is 11.7 Å². The first-order chi connectivity index (χ1) is 18.8. The van der Waals surface area contributed by atoms with E-state index in [2.05, 4.69) is 59.6 Å². The number of hydrogen-bond donors (Lipinski definition) is 0. The Labute approximate surface area is 243 Å². The average molecular weight is 545 g/mol. The van der Waals surface area contributed by atoms with Crippen molar-refractivity contribution in [1.29, 1.82) is 0 Å². The predicted octanol–water partition coefficient (Wildman–Crippen LogP) is 8.48. The Balaban J connectivity index is 1.23. The van der Waals surface area contributed by atoms with Gasteiger partial charge in [-0.2, -0.15) is 4.57 Å². The van der Waals surface area contributed by atoms with Gasteiger partial charge in [0.15, 0.2) is 12.4 Å². The SMILES string of the molecule is C=C(C)[C@@H]1CC[C@]2(C)CC[C@]3(C)[C@H](CCC4[C@@]5(C)CCC(C6([n+]7ccccc7)OC6=O)C(C)(C)[C@@H]5CC[C@]43C)[C@@H]12. The lowest BCUT2D eigenvalue weighted by molar-refractivity contribution is -0.766. The third-order valence-corrected chi connectivity index (χ3v) is 15.6. The van der Waals surface area contributed by atoms with Crippen molar-refractivity contribution in [3.8, 4) is 0 Å². The highest BCUT2D eigenvalue weighted by Gasteiger charge is 2.79. The van der Waals surface area contributed by atoms with Crippen molar-refractivity contribution in [1.82, 2.24) is 0 Å². The van der Waals surface area contributed by atoms with Crippen LogP contribution in [-0.2, 0) is 15.3 Å². The molecule has 7 rings (SSSR count). The summed E-state index contributed by atoms with van der Waals surface area (Å²) in [6, 6.07) is 6.08. The van der Waals surface area contributed by atoms with Gasteiger partial charge in [0.2, 0.25) is 0 Å². The molecule has 3 unspecified atom stereocenters. The molecule has 40 heavy (non-hydrogen) atoms. The normalized spacial score (nSPS) is 52.4. The van der Waals surface area contributed by atoms with Gasteiger partial charge in [-0.05, 0) is 128 Å². The number of allylic oxidation sites excluding steroid dienone is 1. The molecule has 6 fully saturated rings. The number of nitrogens with zero attached hydrogens (tertiary/aromatic N) is 1. The summed E-state index contributed by atoms with van der Waals surface area (Å²) in [5.74, 6) is 3.91. The molecule has 1 aromatic rings. The van der Waals surface area contributed by atoms with Crippen molar-refractivity contribution in [2.24, 2.45) is 62.6 Å². The fourth-order valence-corrected chi connectivity index (χ4v) is 13.5. The molecule has 2 heterocycles. The molecule has 6 aliphatic rings. The quantitative estimate of drug-likeness (QED) is 0.217. The summed E-state index contributed by atoms with van der Waals surface area (Å²) in [6.45, 7) is 22.6. The minimum atomic E-state index is -0.801. The lowest BCUT2D eigenvalue weighted by Crippen LogP contribution is -2.67. The summed E-state index contributed by atoms with van der Waals surface area (Å²) in [4.78, 5) is 13.1. The van der Waals surface area contributed by atoms with Crippen molar-refractivity contribution in [3.63, 3.8) is 0 Å². The molecule has 218 valence electrons. The lowest BCUT2D eigenvalue weighted by Gasteiger charge is -2.73. The maximum absolute atomic E-state index is 13.1. The summed E-state index contributed by atoms with van der Waals surface area (Å²) in [5.41, 5.74) is 2.29. The number of fused-ring (bicyclic) bond motifs is 7. The molecule has 5 aliphatic carbocycles. The fourth-order valence-electron chi connectivity index (χ4n) is 13.5. The molecular weight excluding hydrogens is 490 g/mol. The van der Waals surface area contributed by atoms with Crippen molar-refractivity contribution in [2.75, 3.05) is 0 Å². The van der Waals surface area contributed by atoms with Crippen LogP contribution >= 0.6 is 0 Å². The van der Waals surface area contributed by atoms with Crippen LogP contribution in [0, 0.1) is 62.6 Å². The zero-order chi connectivity index (χ0) is 28.5. The molecule has 0 aromatic carbocycles. The number of carbonyl (C=O) groups excluding carboxylic acids is 1. The second-order valence-electron chi connectivity index (χ2n) is 17.1. The van der Waals surface area contributed by atoms with Gasteiger partial charge in [0, 0.05) is 12.1 Å². The van der Waals surface area contributed by atoms with Gasteiger partial charge in [-0.1, -0.05) is 59.8 Å². The van der Waals surface area contributed by atoms with Gasteiger partial charge < -0.3 is 4.74 Å². The summed E-state index contributed by atoms with van der Waals surface area (Å²) in [7, 11) is 0. The van der Waals surface area contributed by atoms with Gasteiger partial charge in [0.1, 0.15) is 0 Å². The number of epoxide rings is 1. The number of hydrogen-bond acceptors (Lipinski definition) is 2. The Bertz CT molecular complexity index is 1240. The molecule has 0 amide bonds. The number of aromatic nitrogens is 1. The van der Waals surface area contributed by atoms with Crippen LogP contribution in [0.3, 0.4) is 0 Å². The standard InChI is InChI=1S/C37H54NO2/c1-24(2)25-14-17-33(5)20-21-35(7)26(30(25)33)12-13-29-34(6)18-15-28(32(3,4)27(34)16-19-36(29,35)8)37(31(39)40-37)38-22-10-9-11-23-38/h9-11,22-23,25-30H,1,12-21H2,2-8H3/q+1/t25-,26+,27-,28?,29?,30+,33+,34-,35+,36+,37?/m0/s1. The number of carbonyl (C=O) groups is 1. The minimum absolute atomic E-state index is 0.0305. The first-order valence-electron chi connectivity index (χ1n) is 16.6. The van der Waals surface area contributed by atoms with Gasteiger partial charge in [0.05, 0.1) is 5.92 Å². The number of rotatable bonds is 3. The molecule has 0 bridgehead atoms. The smallest absolute Gasteiger partial charge is 0.382 e. The Kier molecular flexibility index (Phi) is 5.61. The van der Waals surface area contributed by atoms with E-state index >= 15 is 0 Å². The molecule has 1 saturated heterocycles. The Morgan fingerprint density at radius 1 is 0.800 bits per heavy atom. The fraction of sp³-hybridized carbons (Fsp3) is 0.784. The molecule has 3 nitrogen and oxygen atoms in total. The zero-order valence-electron chi connectivity index (χ0n) is 26.4. The van der Waals surface area contributed by atoms with E-state index in [4.69, 9.17) is 4.74 Å². The molecule has 11 atom stereocenters. The van der Waals surface area contributed by atoms with Crippen LogP contribution in [0.15, 0.2) is 42.7 Å². The van der Waals surface area contributed by atoms with E-state index in [1.807, 2.05) is 30.6 Å². The second kappa shape index (κ2) is 8.25. The van der Waals surface area contributed by atoms with Crippen molar-refractivity contribution in [3.05, 3.63) is 42.7 Å². The second-order valence-corrected chi connectivity index (χ2v) is 17.1. The van der Waals surface area contributed by atoms with E-state index in [0.717, 1.165) is 30.1 Å². The van der Waals surface area contributed by atoms with Gasteiger partial charge in [-0.15, -0.1) is 0 Å². The van der Waals surface area contributed by atoms with Gasteiger partial charge in [0.25, 0.3) is 0 Å². The van der Waals surface area contributed by atoms with Crippen LogP contribution in [0.4, 0.5) is 0 Å². The predicted molar refractivity (Wildman–Crippen MR) is 159 cm³/mol. The van der Waals surface area contributed by atoms with Crippen LogP contribution in [-0.4, -0.2) is 5.97 Å². The third kappa shape index (κ3) is 3.14. The molecule has 3 heteroatoms.